The van der Waals surface area contributed by atoms with Gasteiger partial charge in [-0.2, -0.15) is 0 Å². The van der Waals surface area contributed by atoms with E-state index in [1.54, 1.807) is 4.68 Å². The van der Waals surface area contributed by atoms with Crippen molar-refractivity contribution in [3.63, 3.8) is 0 Å². The molecule has 0 radical (unpaired) electrons. The summed E-state index contributed by atoms with van der Waals surface area (Å²) in [5.74, 6) is 0.429. The second kappa shape index (κ2) is 7.72. The lowest BCUT2D eigenvalue weighted by atomic mass is 10.1. The molecule has 0 atom stereocenters. The summed E-state index contributed by atoms with van der Waals surface area (Å²) in [5.41, 5.74) is 5.88. The molecule has 1 heterocycles. The van der Waals surface area contributed by atoms with Gasteiger partial charge in [0.1, 0.15) is 0 Å². The van der Waals surface area contributed by atoms with Crippen molar-refractivity contribution in [3.8, 4) is 17.1 Å². The highest BCUT2D eigenvalue weighted by molar-refractivity contribution is 6.01. The molecular weight excluding hydrogens is 360 g/mol. The van der Waals surface area contributed by atoms with Crippen molar-refractivity contribution < 1.29 is 4.79 Å². The zero-order valence-corrected chi connectivity index (χ0v) is 16.7. The first-order valence-corrected chi connectivity index (χ1v) is 9.49. The van der Waals surface area contributed by atoms with Crippen molar-refractivity contribution in [1.29, 1.82) is 0 Å². The average molecular weight is 382 g/mol. The quantitative estimate of drug-likeness (QED) is 0.533. The first-order chi connectivity index (χ1) is 14.0. The van der Waals surface area contributed by atoms with Gasteiger partial charge in [-0.3, -0.25) is 4.79 Å². The molecule has 5 heteroatoms. The largest absolute Gasteiger partial charge is 0.319 e. The van der Waals surface area contributed by atoms with E-state index < -0.39 is 0 Å². The zero-order valence-electron chi connectivity index (χ0n) is 16.7. The van der Waals surface area contributed by atoms with Crippen LogP contribution in [0.4, 0.5) is 5.69 Å². The number of carbonyl (C=O) groups excluding carboxylic acids is 1. The Kier molecular flexibility index (Phi) is 4.96. The van der Waals surface area contributed by atoms with Crippen molar-refractivity contribution >= 4 is 11.6 Å². The normalized spacial score (nSPS) is 10.7. The summed E-state index contributed by atoms with van der Waals surface area (Å²) < 4.78 is 1.75. The minimum atomic E-state index is -0.339. The third-order valence-electron chi connectivity index (χ3n) is 4.70. The van der Waals surface area contributed by atoms with Gasteiger partial charge >= 0.3 is 0 Å². The van der Waals surface area contributed by atoms with Gasteiger partial charge in [-0.05, 0) is 50.6 Å². The van der Waals surface area contributed by atoms with Gasteiger partial charge in [0, 0.05) is 11.3 Å². The number of nitrogens with one attached hydrogen (secondary N) is 1. The van der Waals surface area contributed by atoms with Crippen LogP contribution in [-0.4, -0.2) is 20.7 Å². The Labute approximate surface area is 170 Å². The van der Waals surface area contributed by atoms with E-state index in [4.69, 9.17) is 0 Å². The number of para-hydroxylation sites is 1. The highest BCUT2D eigenvalue weighted by Gasteiger charge is 2.20. The van der Waals surface area contributed by atoms with Crippen LogP contribution >= 0.6 is 0 Å². The lowest BCUT2D eigenvalue weighted by Crippen LogP contribution is -2.14. The summed E-state index contributed by atoms with van der Waals surface area (Å²) in [5, 5.41) is 7.43. The predicted molar refractivity (Wildman–Crippen MR) is 115 cm³/mol. The maximum absolute atomic E-state index is 12.8. The maximum atomic E-state index is 12.8. The number of amides is 1. The van der Waals surface area contributed by atoms with E-state index in [-0.39, 0.29) is 11.7 Å². The van der Waals surface area contributed by atoms with Crippen LogP contribution in [0, 0.1) is 20.8 Å². The topological polar surface area (TPSA) is 59.8 Å². The van der Waals surface area contributed by atoms with E-state index in [9.17, 15) is 4.79 Å². The molecule has 0 fully saturated rings. The van der Waals surface area contributed by atoms with E-state index in [1.165, 1.54) is 5.56 Å². The molecule has 3 aromatic carbocycles. The standard InChI is InChI=1S/C24H22N4O/c1-16-8-7-9-19(15-16)23-26-22(24(29)25-20-10-5-4-6-11-20)27-28(23)21-13-12-17(2)14-18(21)3/h4-15H,1-3H3,(H,25,29). The molecule has 0 aliphatic carbocycles. The monoisotopic (exact) mass is 382 g/mol. The Morgan fingerprint density at radius 2 is 1.62 bits per heavy atom. The van der Waals surface area contributed by atoms with E-state index in [2.05, 4.69) is 28.4 Å². The maximum Gasteiger partial charge on any atom is 0.295 e. The van der Waals surface area contributed by atoms with Crippen molar-refractivity contribution in [3.05, 3.63) is 95.3 Å². The van der Waals surface area contributed by atoms with Crippen LogP contribution in [0.3, 0.4) is 0 Å². The highest BCUT2D eigenvalue weighted by Crippen LogP contribution is 2.25. The van der Waals surface area contributed by atoms with Gasteiger partial charge in [0.25, 0.3) is 5.91 Å². The number of carbonyl (C=O) groups is 1. The third kappa shape index (κ3) is 3.94. The average Bonchev–Trinajstić information content (AvgIpc) is 3.14. The van der Waals surface area contributed by atoms with E-state index >= 15 is 0 Å². The van der Waals surface area contributed by atoms with Crippen LogP contribution in [0.5, 0.6) is 0 Å². The number of hydrogen-bond acceptors (Lipinski definition) is 3. The molecule has 1 N–H and O–H groups in total. The molecule has 4 aromatic rings. The molecule has 0 unspecified atom stereocenters. The SMILES string of the molecule is Cc1cccc(-c2nc(C(=O)Nc3ccccc3)nn2-c2ccc(C)cc2C)c1. The fourth-order valence-corrected chi connectivity index (χ4v) is 3.30. The first kappa shape index (κ1) is 18.6. The van der Waals surface area contributed by atoms with Gasteiger partial charge in [0.2, 0.25) is 5.82 Å². The Bertz CT molecular complexity index is 1180. The van der Waals surface area contributed by atoms with Gasteiger partial charge in [-0.15, -0.1) is 5.10 Å². The van der Waals surface area contributed by atoms with Gasteiger partial charge in [-0.25, -0.2) is 9.67 Å². The Hall–Kier alpha value is -3.73. The second-order valence-corrected chi connectivity index (χ2v) is 7.15. The van der Waals surface area contributed by atoms with Crippen molar-refractivity contribution in [2.75, 3.05) is 5.32 Å². The number of aryl methyl sites for hydroxylation is 3. The first-order valence-electron chi connectivity index (χ1n) is 9.49. The van der Waals surface area contributed by atoms with Crippen LogP contribution in [0.25, 0.3) is 17.1 Å². The summed E-state index contributed by atoms with van der Waals surface area (Å²) in [6, 6.07) is 23.5. The highest BCUT2D eigenvalue weighted by atomic mass is 16.2. The molecule has 0 aliphatic rings. The Morgan fingerprint density at radius 1 is 0.862 bits per heavy atom. The second-order valence-electron chi connectivity index (χ2n) is 7.15. The molecule has 4 rings (SSSR count). The van der Waals surface area contributed by atoms with Crippen LogP contribution in [0.1, 0.15) is 27.3 Å². The molecule has 0 aliphatic heterocycles. The molecule has 5 nitrogen and oxygen atoms in total. The number of aromatic nitrogens is 3. The summed E-state index contributed by atoms with van der Waals surface area (Å²) >= 11 is 0. The summed E-state index contributed by atoms with van der Waals surface area (Å²) in [7, 11) is 0. The van der Waals surface area contributed by atoms with Crippen LogP contribution in [0.15, 0.2) is 72.8 Å². The third-order valence-corrected chi connectivity index (χ3v) is 4.70. The van der Waals surface area contributed by atoms with Gasteiger partial charge in [-0.1, -0.05) is 59.7 Å². The van der Waals surface area contributed by atoms with Crippen molar-refractivity contribution in [2.24, 2.45) is 0 Å². The van der Waals surface area contributed by atoms with E-state index in [0.717, 1.165) is 22.4 Å². The number of hydrogen-bond donors (Lipinski definition) is 1. The Balaban J connectivity index is 1.81. The molecule has 144 valence electrons. The van der Waals surface area contributed by atoms with E-state index in [0.29, 0.717) is 11.5 Å². The van der Waals surface area contributed by atoms with Gasteiger partial charge in [0.15, 0.2) is 5.82 Å². The molecule has 0 spiro atoms. The van der Waals surface area contributed by atoms with Crippen LogP contribution in [-0.2, 0) is 0 Å². The number of benzene rings is 3. The molecule has 0 saturated heterocycles. The molecule has 0 saturated carbocycles. The molecule has 1 aromatic heterocycles. The van der Waals surface area contributed by atoms with Crippen LogP contribution in [0.2, 0.25) is 0 Å². The number of rotatable bonds is 4. The molecule has 29 heavy (non-hydrogen) atoms. The zero-order chi connectivity index (χ0) is 20.4. The lowest BCUT2D eigenvalue weighted by molar-refractivity contribution is 0.101. The minimum Gasteiger partial charge on any atom is -0.319 e. The number of anilines is 1. The fourth-order valence-electron chi connectivity index (χ4n) is 3.30. The molecular formula is C24H22N4O. The van der Waals surface area contributed by atoms with Gasteiger partial charge < -0.3 is 5.32 Å². The lowest BCUT2D eigenvalue weighted by Gasteiger charge is -2.10. The minimum absolute atomic E-state index is 0.130. The van der Waals surface area contributed by atoms with Crippen LogP contribution < -0.4 is 5.32 Å². The molecule has 1 amide bonds. The van der Waals surface area contributed by atoms with Crippen molar-refractivity contribution in [1.82, 2.24) is 14.8 Å². The molecule has 0 bridgehead atoms. The number of nitrogens with zero attached hydrogens (tertiary/aromatic N) is 3. The summed E-state index contributed by atoms with van der Waals surface area (Å²) in [6.07, 6.45) is 0. The Morgan fingerprint density at radius 3 is 2.34 bits per heavy atom. The van der Waals surface area contributed by atoms with Crippen molar-refractivity contribution in [2.45, 2.75) is 20.8 Å². The summed E-state index contributed by atoms with van der Waals surface area (Å²) in [4.78, 5) is 17.4. The summed E-state index contributed by atoms with van der Waals surface area (Å²) in [6.45, 7) is 6.12. The predicted octanol–water partition coefficient (Wildman–Crippen LogP) is 5.11. The fraction of sp³-hybridized carbons (Fsp3) is 0.125. The smallest absolute Gasteiger partial charge is 0.295 e. The van der Waals surface area contributed by atoms with E-state index in [1.807, 2.05) is 80.6 Å². The van der Waals surface area contributed by atoms with Gasteiger partial charge in [0.05, 0.1) is 5.69 Å².